The van der Waals surface area contributed by atoms with Gasteiger partial charge in [0.2, 0.25) is 0 Å². The molecule has 0 spiro atoms. The third-order valence-corrected chi connectivity index (χ3v) is 4.05. The van der Waals surface area contributed by atoms with E-state index in [9.17, 15) is 0 Å². The summed E-state index contributed by atoms with van der Waals surface area (Å²) < 4.78 is 0. The lowest BCUT2D eigenvalue weighted by Crippen LogP contribution is -1.91. The molecule has 0 fully saturated rings. The highest BCUT2D eigenvalue weighted by atomic mass is 14.1. The fourth-order valence-electron chi connectivity index (χ4n) is 2.63. The number of aryl methyl sites for hydroxylation is 1. The molecule has 0 saturated carbocycles. The summed E-state index contributed by atoms with van der Waals surface area (Å²) in [6.45, 7) is 2.12. The lowest BCUT2D eigenvalue weighted by molar-refractivity contribution is 1.09. The standard InChI is InChI=1S/C24H22/c1-20-12-16-23(17-13-20)24(18-14-21-8-4-2-5-9-21)19-15-22-10-6-3-7-11-22/h2-19,24H,1H3. The van der Waals surface area contributed by atoms with Gasteiger partial charge in [-0.25, -0.2) is 0 Å². The van der Waals surface area contributed by atoms with Gasteiger partial charge in [0.25, 0.3) is 0 Å². The minimum atomic E-state index is 0.256. The number of hydrogen-bond donors (Lipinski definition) is 0. The molecule has 0 N–H and O–H groups in total. The predicted molar refractivity (Wildman–Crippen MR) is 105 cm³/mol. The minimum absolute atomic E-state index is 0.256. The highest BCUT2D eigenvalue weighted by Gasteiger charge is 2.04. The zero-order valence-electron chi connectivity index (χ0n) is 14.0. The van der Waals surface area contributed by atoms with Gasteiger partial charge in [-0.3, -0.25) is 0 Å². The maximum Gasteiger partial charge on any atom is 0.0205 e. The normalized spacial score (nSPS) is 12.7. The van der Waals surface area contributed by atoms with Crippen LogP contribution in [0.25, 0.3) is 12.2 Å². The third-order valence-electron chi connectivity index (χ3n) is 4.05. The summed E-state index contributed by atoms with van der Waals surface area (Å²) in [5.74, 6) is 0.256. The lowest BCUT2D eigenvalue weighted by Gasteiger charge is -2.09. The Bertz CT molecular complexity index is 744. The zero-order valence-corrected chi connectivity index (χ0v) is 14.0. The zero-order chi connectivity index (χ0) is 16.6. The molecule has 0 aliphatic heterocycles. The Labute approximate surface area is 144 Å². The molecule has 3 aromatic rings. The molecule has 0 atom stereocenters. The van der Waals surface area contributed by atoms with E-state index in [2.05, 4.69) is 104 Å². The number of allylic oxidation sites excluding steroid dienone is 2. The van der Waals surface area contributed by atoms with Crippen molar-refractivity contribution >= 4 is 12.2 Å². The van der Waals surface area contributed by atoms with Crippen LogP contribution in [0.1, 0.15) is 28.2 Å². The van der Waals surface area contributed by atoms with Crippen LogP contribution in [-0.2, 0) is 0 Å². The maximum atomic E-state index is 2.26. The number of benzene rings is 3. The summed E-state index contributed by atoms with van der Waals surface area (Å²) in [7, 11) is 0. The summed E-state index contributed by atoms with van der Waals surface area (Å²) in [6.07, 6.45) is 8.92. The van der Waals surface area contributed by atoms with Crippen molar-refractivity contribution in [2.24, 2.45) is 0 Å². The van der Waals surface area contributed by atoms with Gasteiger partial charge in [-0.1, -0.05) is 115 Å². The van der Waals surface area contributed by atoms with Crippen LogP contribution in [0.4, 0.5) is 0 Å². The first-order chi connectivity index (χ1) is 11.8. The van der Waals surface area contributed by atoms with E-state index in [1.54, 1.807) is 0 Å². The summed E-state index contributed by atoms with van der Waals surface area (Å²) in [5.41, 5.74) is 5.04. The lowest BCUT2D eigenvalue weighted by atomic mass is 9.95. The molecular formula is C24H22. The summed E-state index contributed by atoms with van der Waals surface area (Å²) in [4.78, 5) is 0. The van der Waals surface area contributed by atoms with Gasteiger partial charge in [-0.2, -0.15) is 0 Å². The Hall–Kier alpha value is -2.86. The monoisotopic (exact) mass is 310 g/mol. The molecule has 0 bridgehead atoms. The van der Waals surface area contributed by atoms with E-state index in [-0.39, 0.29) is 5.92 Å². The first-order valence-corrected chi connectivity index (χ1v) is 8.34. The van der Waals surface area contributed by atoms with Crippen molar-refractivity contribution in [1.82, 2.24) is 0 Å². The molecule has 3 aromatic carbocycles. The van der Waals surface area contributed by atoms with Crippen molar-refractivity contribution in [2.45, 2.75) is 12.8 Å². The number of hydrogen-bond acceptors (Lipinski definition) is 0. The van der Waals surface area contributed by atoms with Crippen molar-refractivity contribution in [1.29, 1.82) is 0 Å². The van der Waals surface area contributed by atoms with Gasteiger partial charge in [0, 0.05) is 5.92 Å². The second kappa shape index (κ2) is 8.12. The van der Waals surface area contributed by atoms with E-state index in [0.717, 1.165) is 0 Å². The Morgan fingerprint density at radius 2 is 1.04 bits per heavy atom. The largest absolute Gasteiger partial charge is 0.0726 e. The first-order valence-electron chi connectivity index (χ1n) is 8.34. The Balaban J connectivity index is 1.87. The van der Waals surface area contributed by atoms with Crippen molar-refractivity contribution in [3.63, 3.8) is 0 Å². The molecular weight excluding hydrogens is 288 g/mol. The average Bonchev–Trinajstić information content (AvgIpc) is 2.64. The van der Waals surface area contributed by atoms with Crippen LogP contribution in [0.2, 0.25) is 0 Å². The molecule has 0 aromatic heterocycles. The van der Waals surface area contributed by atoms with E-state index in [4.69, 9.17) is 0 Å². The van der Waals surface area contributed by atoms with Crippen LogP contribution in [0, 0.1) is 6.92 Å². The highest BCUT2D eigenvalue weighted by molar-refractivity contribution is 5.55. The van der Waals surface area contributed by atoms with Crippen molar-refractivity contribution in [3.05, 3.63) is 119 Å². The van der Waals surface area contributed by atoms with Gasteiger partial charge in [-0.15, -0.1) is 0 Å². The fourth-order valence-corrected chi connectivity index (χ4v) is 2.63. The average molecular weight is 310 g/mol. The molecule has 0 heterocycles. The van der Waals surface area contributed by atoms with Crippen molar-refractivity contribution in [2.75, 3.05) is 0 Å². The van der Waals surface area contributed by atoms with E-state index in [0.29, 0.717) is 0 Å². The Morgan fingerprint density at radius 1 is 0.583 bits per heavy atom. The van der Waals surface area contributed by atoms with E-state index >= 15 is 0 Å². The van der Waals surface area contributed by atoms with E-state index in [1.165, 1.54) is 22.3 Å². The second-order valence-electron chi connectivity index (χ2n) is 5.98. The predicted octanol–water partition coefficient (Wildman–Crippen LogP) is 6.51. The maximum absolute atomic E-state index is 2.26. The fraction of sp³-hybridized carbons (Fsp3) is 0.0833. The molecule has 24 heavy (non-hydrogen) atoms. The van der Waals surface area contributed by atoms with Crippen LogP contribution < -0.4 is 0 Å². The van der Waals surface area contributed by atoms with Crippen LogP contribution in [0.3, 0.4) is 0 Å². The van der Waals surface area contributed by atoms with E-state index in [1.807, 2.05) is 12.1 Å². The molecule has 0 heteroatoms. The van der Waals surface area contributed by atoms with Crippen molar-refractivity contribution < 1.29 is 0 Å². The van der Waals surface area contributed by atoms with Gasteiger partial charge in [0.15, 0.2) is 0 Å². The molecule has 0 aliphatic carbocycles. The van der Waals surface area contributed by atoms with Crippen LogP contribution in [0.5, 0.6) is 0 Å². The molecule has 0 aliphatic rings. The summed E-state index contributed by atoms with van der Waals surface area (Å²) in [5, 5.41) is 0. The molecule has 0 unspecified atom stereocenters. The molecule has 0 saturated heterocycles. The van der Waals surface area contributed by atoms with Crippen LogP contribution in [-0.4, -0.2) is 0 Å². The molecule has 3 rings (SSSR count). The SMILES string of the molecule is Cc1ccc(C(C=Cc2ccccc2)C=Cc2ccccc2)cc1. The molecule has 0 amide bonds. The van der Waals surface area contributed by atoms with Gasteiger partial charge in [-0.05, 0) is 23.6 Å². The summed E-state index contributed by atoms with van der Waals surface area (Å²) >= 11 is 0. The van der Waals surface area contributed by atoms with Gasteiger partial charge in [0.05, 0.1) is 0 Å². The highest BCUT2D eigenvalue weighted by Crippen LogP contribution is 2.22. The van der Waals surface area contributed by atoms with Crippen molar-refractivity contribution in [3.8, 4) is 0 Å². The number of rotatable bonds is 5. The second-order valence-corrected chi connectivity index (χ2v) is 5.98. The van der Waals surface area contributed by atoms with Gasteiger partial charge < -0.3 is 0 Å². The van der Waals surface area contributed by atoms with Gasteiger partial charge in [0.1, 0.15) is 0 Å². The summed E-state index contributed by atoms with van der Waals surface area (Å²) in [6, 6.07) is 29.7. The van der Waals surface area contributed by atoms with Crippen LogP contribution >= 0.6 is 0 Å². The molecule has 0 nitrogen and oxygen atoms in total. The Kier molecular flexibility index (Phi) is 5.42. The quantitative estimate of drug-likeness (QED) is 0.504. The molecule has 118 valence electrons. The topological polar surface area (TPSA) is 0 Å². The smallest absolute Gasteiger partial charge is 0.0205 e. The third kappa shape index (κ3) is 4.57. The Morgan fingerprint density at radius 3 is 1.50 bits per heavy atom. The molecule has 0 radical (unpaired) electrons. The van der Waals surface area contributed by atoms with Crippen LogP contribution in [0.15, 0.2) is 97.1 Å². The van der Waals surface area contributed by atoms with E-state index < -0.39 is 0 Å². The van der Waals surface area contributed by atoms with Gasteiger partial charge >= 0.3 is 0 Å². The minimum Gasteiger partial charge on any atom is -0.0726 e. The first kappa shape index (κ1) is 16.0.